The van der Waals surface area contributed by atoms with Gasteiger partial charge in [0.1, 0.15) is 5.75 Å². The lowest BCUT2D eigenvalue weighted by Gasteiger charge is -2.08. The fourth-order valence-electron chi connectivity index (χ4n) is 2.76. The quantitative estimate of drug-likeness (QED) is 0.344. The Morgan fingerprint density at radius 2 is 1.24 bits per heavy atom. The van der Waals surface area contributed by atoms with E-state index in [9.17, 15) is 13.2 Å². The van der Waals surface area contributed by atoms with E-state index >= 15 is 0 Å². The zero-order valence-electron chi connectivity index (χ0n) is 15.7. The van der Waals surface area contributed by atoms with Crippen molar-refractivity contribution in [1.82, 2.24) is 0 Å². The number of aryl methyl sites for hydroxylation is 1. The van der Waals surface area contributed by atoms with Gasteiger partial charge in [-0.25, -0.2) is 0 Å². The molecule has 0 unspecified atom stereocenters. The minimum Gasteiger partial charge on any atom is -0.406 e. The van der Waals surface area contributed by atoms with E-state index in [2.05, 4.69) is 47.4 Å². The Labute approximate surface area is 168 Å². The molecule has 0 aliphatic rings. The average Bonchev–Trinajstić information content (AvgIpc) is 2.71. The van der Waals surface area contributed by atoms with Crippen molar-refractivity contribution in [2.24, 2.45) is 0 Å². The van der Waals surface area contributed by atoms with Crippen LogP contribution in [0.2, 0.25) is 0 Å². The number of alkyl halides is 3. The van der Waals surface area contributed by atoms with Gasteiger partial charge in [0.2, 0.25) is 0 Å². The highest BCUT2D eigenvalue weighted by Gasteiger charge is 2.30. The number of rotatable bonds is 5. The van der Waals surface area contributed by atoms with Crippen molar-refractivity contribution in [2.45, 2.75) is 19.2 Å². The monoisotopic (exact) mass is 392 g/mol. The average molecular weight is 392 g/mol. The van der Waals surface area contributed by atoms with Crippen LogP contribution >= 0.6 is 0 Å². The van der Waals surface area contributed by atoms with Crippen LogP contribution in [0.15, 0.2) is 85.5 Å². The topological polar surface area (TPSA) is 9.23 Å². The fraction of sp³-hybridized carbons (Fsp3) is 0.120. The van der Waals surface area contributed by atoms with E-state index in [1.165, 1.54) is 29.8 Å². The van der Waals surface area contributed by atoms with Crippen molar-refractivity contribution in [3.05, 3.63) is 102 Å². The molecule has 0 saturated carbocycles. The highest BCUT2D eigenvalue weighted by molar-refractivity contribution is 5.64. The van der Waals surface area contributed by atoms with Crippen molar-refractivity contribution in [3.63, 3.8) is 0 Å². The van der Waals surface area contributed by atoms with Crippen LogP contribution in [0.4, 0.5) is 13.2 Å². The van der Waals surface area contributed by atoms with Gasteiger partial charge in [-0.15, -0.1) is 19.8 Å². The van der Waals surface area contributed by atoms with Crippen LogP contribution in [0.3, 0.4) is 0 Å². The molecule has 0 radical (unpaired) electrons. The molecule has 0 spiro atoms. The van der Waals surface area contributed by atoms with E-state index in [0.29, 0.717) is 5.56 Å². The Morgan fingerprint density at radius 3 is 1.72 bits per heavy atom. The molecule has 0 heterocycles. The lowest BCUT2D eigenvalue weighted by atomic mass is 10.0. The molecule has 0 atom stereocenters. The second kappa shape index (κ2) is 9.16. The summed E-state index contributed by atoms with van der Waals surface area (Å²) in [4.78, 5) is 0. The zero-order chi connectivity index (χ0) is 20.7. The summed E-state index contributed by atoms with van der Waals surface area (Å²) in [5, 5.41) is 0. The first kappa shape index (κ1) is 20.3. The van der Waals surface area contributed by atoms with Gasteiger partial charge in [0.25, 0.3) is 0 Å². The molecular weight excluding hydrogens is 373 g/mol. The van der Waals surface area contributed by atoms with Crippen molar-refractivity contribution in [3.8, 4) is 28.7 Å². The largest absolute Gasteiger partial charge is 0.573 e. The summed E-state index contributed by atoms with van der Waals surface area (Å²) >= 11 is 0. The predicted molar refractivity (Wildman–Crippen MR) is 110 cm³/mol. The number of benzene rings is 3. The van der Waals surface area contributed by atoms with Crippen LogP contribution in [-0.2, 0) is 6.42 Å². The van der Waals surface area contributed by atoms with Gasteiger partial charge in [-0.05, 0) is 65.9 Å². The van der Waals surface area contributed by atoms with Crippen molar-refractivity contribution in [1.29, 1.82) is 0 Å². The maximum atomic E-state index is 12.2. The highest BCUT2D eigenvalue weighted by atomic mass is 19.4. The van der Waals surface area contributed by atoms with Crippen LogP contribution in [0, 0.1) is 11.8 Å². The first-order valence-corrected chi connectivity index (χ1v) is 9.11. The van der Waals surface area contributed by atoms with Gasteiger partial charge in [0.05, 0.1) is 0 Å². The van der Waals surface area contributed by atoms with Crippen LogP contribution < -0.4 is 4.74 Å². The summed E-state index contributed by atoms with van der Waals surface area (Å²) in [7, 11) is 0. The SMILES string of the molecule is C=CCCc1ccc(-c2ccc(C#Cc3ccc(OC(F)(F)F)cc3)cc2)cc1. The lowest BCUT2D eigenvalue weighted by molar-refractivity contribution is -0.274. The van der Waals surface area contributed by atoms with E-state index in [1.807, 2.05) is 30.3 Å². The molecule has 3 aromatic rings. The molecule has 3 aromatic carbocycles. The van der Waals surface area contributed by atoms with Gasteiger partial charge in [-0.2, -0.15) is 0 Å². The maximum Gasteiger partial charge on any atom is 0.573 e. The molecule has 1 nitrogen and oxygen atoms in total. The van der Waals surface area contributed by atoms with Crippen LogP contribution in [0.1, 0.15) is 23.1 Å². The number of allylic oxidation sites excluding steroid dienone is 1. The van der Waals surface area contributed by atoms with Crippen LogP contribution in [0.25, 0.3) is 11.1 Å². The smallest absolute Gasteiger partial charge is 0.406 e. The predicted octanol–water partition coefficient (Wildman–Crippen LogP) is 6.77. The third-order valence-corrected chi connectivity index (χ3v) is 4.25. The Hall–Kier alpha value is -3.45. The van der Waals surface area contributed by atoms with Crippen LogP contribution in [-0.4, -0.2) is 6.36 Å². The zero-order valence-corrected chi connectivity index (χ0v) is 15.7. The van der Waals surface area contributed by atoms with Crippen molar-refractivity contribution >= 4 is 0 Å². The lowest BCUT2D eigenvalue weighted by Crippen LogP contribution is -2.16. The summed E-state index contributed by atoms with van der Waals surface area (Å²) in [6.07, 6.45) is -0.828. The normalized spacial score (nSPS) is 10.7. The third-order valence-electron chi connectivity index (χ3n) is 4.25. The molecule has 0 aliphatic carbocycles. The van der Waals surface area contributed by atoms with Gasteiger partial charge in [0.15, 0.2) is 0 Å². The second-order valence-electron chi connectivity index (χ2n) is 6.42. The first-order chi connectivity index (χ1) is 13.9. The van der Waals surface area contributed by atoms with Gasteiger partial charge in [-0.1, -0.05) is 54.3 Å². The number of ether oxygens (including phenoxy) is 1. The van der Waals surface area contributed by atoms with E-state index in [-0.39, 0.29) is 5.75 Å². The number of hydrogen-bond acceptors (Lipinski definition) is 1. The molecule has 146 valence electrons. The first-order valence-electron chi connectivity index (χ1n) is 9.11. The summed E-state index contributed by atoms with van der Waals surface area (Å²) in [6, 6.07) is 21.8. The number of halogens is 3. The Bertz CT molecular complexity index is 1000. The fourth-order valence-corrected chi connectivity index (χ4v) is 2.76. The summed E-state index contributed by atoms with van der Waals surface area (Å²) in [5.74, 6) is 5.70. The van der Waals surface area contributed by atoms with E-state index in [4.69, 9.17) is 0 Å². The summed E-state index contributed by atoms with van der Waals surface area (Å²) in [5.41, 5.74) is 4.94. The molecule has 3 rings (SSSR count). The second-order valence-corrected chi connectivity index (χ2v) is 6.42. The Balaban J connectivity index is 1.66. The molecule has 29 heavy (non-hydrogen) atoms. The molecular formula is C25H19F3O. The molecule has 0 fully saturated rings. The Kier molecular flexibility index (Phi) is 6.41. The van der Waals surface area contributed by atoms with Crippen LogP contribution in [0.5, 0.6) is 5.75 Å². The minimum atomic E-state index is -4.69. The molecule has 0 N–H and O–H groups in total. The number of hydrogen-bond donors (Lipinski definition) is 0. The third kappa shape index (κ3) is 6.29. The molecule has 0 aromatic heterocycles. The molecule has 0 bridgehead atoms. The van der Waals surface area contributed by atoms with E-state index < -0.39 is 6.36 Å². The van der Waals surface area contributed by atoms with Gasteiger partial charge in [-0.3, -0.25) is 0 Å². The van der Waals surface area contributed by atoms with Crippen molar-refractivity contribution < 1.29 is 17.9 Å². The summed E-state index contributed by atoms with van der Waals surface area (Å²) < 4.78 is 40.4. The standard InChI is InChI=1S/C25H19F3O/c1-2-3-4-19-7-13-22(14-8-19)23-15-9-20(10-16-23)5-6-21-11-17-24(18-12-21)29-25(26,27)28/h2,7-18H,1,3-4H2. The van der Waals surface area contributed by atoms with E-state index in [0.717, 1.165) is 29.5 Å². The van der Waals surface area contributed by atoms with Gasteiger partial charge in [0, 0.05) is 11.1 Å². The van der Waals surface area contributed by atoms with E-state index in [1.54, 1.807) is 0 Å². The summed E-state index contributed by atoms with van der Waals surface area (Å²) in [6.45, 7) is 3.74. The molecule has 4 heteroatoms. The van der Waals surface area contributed by atoms with Gasteiger partial charge < -0.3 is 4.74 Å². The maximum absolute atomic E-state index is 12.2. The van der Waals surface area contributed by atoms with Crippen molar-refractivity contribution in [2.75, 3.05) is 0 Å². The molecule has 0 amide bonds. The van der Waals surface area contributed by atoms with Gasteiger partial charge >= 0.3 is 6.36 Å². The molecule has 0 saturated heterocycles. The minimum absolute atomic E-state index is 0.261. The highest BCUT2D eigenvalue weighted by Crippen LogP contribution is 2.23. The molecule has 0 aliphatic heterocycles. The Morgan fingerprint density at radius 1 is 0.759 bits per heavy atom.